The van der Waals surface area contributed by atoms with Gasteiger partial charge in [-0.1, -0.05) is 0 Å². The number of nitrogens with two attached hydrogens (primary N) is 1. The number of methoxy groups -OCH3 is 3. The van der Waals surface area contributed by atoms with Gasteiger partial charge in [-0.05, 0) is 13.3 Å². The highest BCUT2D eigenvalue weighted by Gasteiger charge is 2.20. The molecule has 1 aromatic carbocycles. The molecule has 0 aliphatic heterocycles. The number of benzene rings is 1. The number of rotatable bonds is 8. The third kappa shape index (κ3) is 4.53. The standard InChI is InChI=1S/C15H23NO5/c1-5-21-14(17)7-6-11(16)15-12(19-3)8-10(18-2)9-13(15)20-4/h8-9,11H,5-7,16H2,1-4H3. The van der Waals surface area contributed by atoms with Crippen molar-refractivity contribution < 1.29 is 23.7 Å². The summed E-state index contributed by atoms with van der Waals surface area (Å²) >= 11 is 0. The topological polar surface area (TPSA) is 80.0 Å². The molecule has 0 saturated heterocycles. The molecule has 118 valence electrons. The summed E-state index contributed by atoms with van der Waals surface area (Å²) in [6.07, 6.45) is 0.686. The Morgan fingerprint density at radius 3 is 2.14 bits per heavy atom. The molecule has 1 aromatic rings. The van der Waals surface area contributed by atoms with Crippen LogP contribution in [0.25, 0.3) is 0 Å². The molecule has 2 N–H and O–H groups in total. The molecule has 0 heterocycles. The molecule has 6 nitrogen and oxygen atoms in total. The lowest BCUT2D eigenvalue weighted by atomic mass is 10.00. The summed E-state index contributed by atoms with van der Waals surface area (Å²) in [4.78, 5) is 11.4. The van der Waals surface area contributed by atoms with Crippen molar-refractivity contribution in [3.8, 4) is 17.2 Å². The number of hydrogen-bond donors (Lipinski definition) is 1. The molecule has 6 heteroatoms. The maximum Gasteiger partial charge on any atom is 0.305 e. The fourth-order valence-corrected chi connectivity index (χ4v) is 2.05. The molecular formula is C15H23NO5. The summed E-state index contributed by atoms with van der Waals surface area (Å²) in [5.41, 5.74) is 6.89. The second-order valence-corrected chi connectivity index (χ2v) is 4.40. The van der Waals surface area contributed by atoms with E-state index >= 15 is 0 Å². The van der Waals surface area contributed by atoms with E-state index in [1.54, 1.807) is 40.4 Å². The zero-order chi connectivity index (χ0) is 15.8. The first-order valence-electron chi connectivity index (χ1n) is 6.78. The van der Waals surface area contributed by atoms with Gasteiger partial charge >= 0.3 is 5.97 Å². The molecule has 0 amide bonds. The van der Waals surface area contributed by atoms with Gasteiger partial charge in [0.1, 0.15) is 17.2 Å². The van der Waals surface area contributed by atoms with Crippen LogP contribution in [0.15, 0.2) is 12.1 Å². The monoisotopic (exact) mass is 297 g/mol. The summed E-state index contributed by atoms with van der Waals surface area (Å²) in [6.45, 7) is 2.14. The Kier molecular flexibility index (Phi) is 6.81. The van der Waals surface area contributed by atoms with E-state index in [2.05, 4.69) is 0 Å². The first-order chi connectivity index (χ1) is 10.1. The van der Waals surface area contributed by atoms with E-state index in [0.717, 1.165) is 0 Å². The molecule has 0 fully saturated rings. The first-order valence-corrected chi connectivity index (χ1v) is 6.78. The highest BCUT2D eigenvalue weighted by Crippen LogP contribution is 2.38. The van der Waals surface area contributed by atoms with Crippen molar-refractivity contribution in [3.63, 3.8) is 0 Å². The van der Waals surface area contributed by atoms with Gasteiger partial charge in [-0.3, -0.25) is 4.79 Å². The predicted octanol–water partition coefficient (Wildman–Crippen LogP) is 2.06. The number of esters is 1. The number of hydrogen-bond acceptors (Lipinski definition) is 6. The highest BCUT2D eigenvalue weighted by molar-refractivity contribution is 5.69. The van der Waals surface area contributed by atoms with Crippen molar-refractivity contribution in [1.82, 2.24) is 0 Å². The number of carbonyl (C=O) groups is 1. The Labute approximate surface area is 125 Å². The smallest absolute Gasteiger partial charge is 0.305 e. The Hall–Kier alpha value is -1.95. The molecule has 1 unspecified atom stereocenters. The molecule has 0 aromatic heterocycles. The molecule has 21 heavy (non-hydrogen) atoms. The lowest BCUT2D eigenvalue weighted by molar-refractivity contribution is -0.143. The molecule has 0 radical (unpaired) electrons. The van der Waals surface area contributed by atoms with Gasteiger partial charge in [0.25, 0.3) is 0 Å². The molecule has 0 aliphatic carbocycles. The van der Waals surface area contributed by atoms with Crippen LogP contribution >= 0.6 is 0 Å². The van der Waals surface area contributed by atoms with Crippen LogP contribution in [0.2, 0.25) is 0 Å². The van der Waals surface area contributed by atoms with E-state index in [9.17, 15) is 4.79 Å². The summed E-state index contributed by atoms with van der Waals surface area (Å²) in [6, 6.07) is 3.08. The Morgan fingerprint density at radius 1 is 1.14 bits per heavy atom. The minimum Gasteiger partial charge on any atom is -0.496 e. The second-order valence-electron chi connectivity index (χ2n) is 4.40. The first kappa shape index (κ1) is 17.1. The number of ether oxygens (including phenoxy) is 4. The largest absolute Gasteiger partial charge is 0.496 e. The Bertz CT molecular complexity index is 450. The van der Waals surface area contributed by atoms with Crippen LogP contribution in [-0.4, -0.2) is 33.9 Å². The van der Waals surface area contributed by atoms with Gasteiger partial charge < -0.3 is 24.7 Å². The molecular weight excluding hydrogens is 274 g/mol. The van der Waals surface area contributed by atoms with Crippen LogP contribution in [0.3, 0.4) is 0 Å². The van der Waals surface area contributed by atoms with Crippen LogP contribution < -0.4 is 19.9 Å². The van der Waals surface area contributed by atoms with E-state index in [-0.39, 0.29) is 12.4 Å². The summed E-state index contributed by atoms with van der Waals surface area (Å²) < 4.78 is 20.8. The molecule has 1 atom stereocenters. The Balaban J connectivity index is 2.96. The van der Waals surface area contributed by atoms with Gasteiger partial charge in [0.2, 0.25) is 0 Å². The lowest BCUT2D eigenvalue weighted by Crippen LogP contribution is -2.16. The quantitative estimate of drug-likeness (QED) is 0.740. The maximum absolute atomic E-state index is 11.4. The van der Waals surface area contributed by atoms with Gasteiger partial charge in [0, 0.05) is 24.6 Å². The van der Waals surface area contributed by atoms with Gasteiger partial charge in [-0.25, -0.2) is 0 Å². The molecule has 0 bridgehead atoms. The van der Waals surface area contributed by atoms with Crippen LogP contribution in [0.1, 0.15) is 31.4 Å². The van der Waals surface area contributed by atoms with Gasteiger partial charge in [-0.2, -0.15) is 0 Å². The van der Waals surface area contributed by atoms with Crippen LogP contribution in [0, 0.1) is 0 Å². The van der Waals surface area contributed by atoms with Crippen molar-refractivity contribution in [2.75, 3.05) is 27.9 Å². The molecule has 0 spiro atoms. The average molecular weight is 297 g/mol. The molecule has 0 saturated carbocycles. The minimum absolute atomic E-state index is 0.243. The molecule has 0 aliphatic rings. The fraction of sp³-hybridized carbons (Fsp3) is 0.533. The van der Waals surface area contributed by atoms with E-state index in [4.69, 9.17) is 24.7 Å². The third-order valence-corrected chi connectivity index (χ3v) is 3.09. The van der Waals surface area contributed by atoms with Gasteiger partial charge in [0.15, 0.2) is 0 Å². The van der Waals surface area contributed by atoms with Crippen LogP contribution in [0.5, 0.6) is 17.2 Å². The van der Waals surface area contributed by atoms with E-state index in [1.807, 2.05) is 0 Å². The van der Waals surface area contributed by atoms with Crippen molar-refractivity contribution in [1.29, 1.82) is 0 Å². The normalized spacial score (nSPS) is 11.7. The predicted molar refractivity (Wildman–Crippen MR) is 78.9 cm³/mol. The van der Waals surface area contributed by atoms with Crippen molar-refractivity contribution in [2.45, 2.75) is 25.8 Å². The maximum atomic E-state index is 11.4. The average Bonchev–Trinajstić information content (AvgIpc) is 2.51. The van der Waals surface area contributed by atoms with Crippen molar-refractivity contribution >= 4 is 5.97 Å². The highest BCUT2D eigenvalue weighted by atomic mass is 16.5. The summed E-state index contributed by atoms with van der Waals surface area (Å²) in [5, 5.41) is 0. The number of carbonyl (C=O) groups excluding carboxylic acids is 1. The Morgan fingerprint density at radius 2 is 1.71 bits per heavy atom. The third-order valence-electron chi connectivity index (χ3n) is 3.09. The zero-order valence-electron chi connectivity index (χ0n) is 13.0. The van der Waals surface area contributed by atoms with E-state index in [1.165, 1.54) is 0 Å². The minimum atomic E-state index is -0.398. The van der Waals surface area contributed by atoms with E-state index in [0.29, 0.717) is 35.8 Å². The summed E-state index contributed by atoms with van der Waals surface area (Å²) in [7, 11) is 4.67. The van der Waals surface area contributed by atoms with Gasteiger partial charge in [0.05, 0.1) is 33.5 Å². The second kappa shape index (κ2) is 8.36. The lowest BCUT2D eigenvalue weighted by Gasteiger charge is -2.19. The van der Waals surface area contributed by atoms with Crippen LogP contribution in [0.4, 0.5) is 0 Å². The fourth-order valence-electron chi connectivity index (χ4n) is 2.05. The SMILES string of the molecule is CCOC(=O)CCC(N)c1c(OC)cc(OC)cc1OC. The summed E-state index contributed by atoms with van der Waals surface area (Å²) in [5.74, 6) is 1.49. The molecule has 1 rings (SSSR count). The zero-order valence-corrected chi connectivity index (χ0v) is 13.0. The van der Waals surface area contributed by atoms with Crippen molar-refractivity contribution in [3.05, 3.63) is 17.7 Å². The van der Waals surface area contributed by atoms with Gasteiger partial charge in [-0.15, -0.1) is 0 Å². The van der Waals surface area contributed by atoms with Crippen molar-refractivity contribution in [2.24, 2.45) is 5.73 Å². The van der Waals surface area contributed by atoms with E-state index < -0.39 is 6.04 Å². The van der Waals surface area contributed by atoms with Crippen LogP contribution in [-0.2, 0) is 9.53 Å².